The van der Waals surface area contributed by atoms with Crippen molar-refractivity contribution in [1.29, 1.82) is 5.26 Å². The molecule has 0 amide bonds. The Morgan fingerprint density at radius 2 is 2.08 bits per heavy atom. The highest BCUT2D eigenvalue weighted by Gasteiger charge is 2.22. The maximum Gasteiger partial charge on any atom is 0.141 e. The molecule has 1 unspecified atom stereocenters. The summed E-state index contributed by atoms with van der Waals surface area (Å²) in [6.45, 7) is 8.09. The van der Waals surface area contributed by atoms with Crippen LogP contribution in [0.25, 0.3) is 11.1 Å². The van der Waals surface area contributed by atoms with Crippen LogP contribution in [0.5, 0.6) is 0 Å². The Morgan fingerprint density at radius 3 is 2.64 bits per heavy atom. The van der Waals surface area contributed by atoms with Gasteiger partial charge in [0.05, 0.1) is 29.7 Å². The summed E-state index contributed by atoms with van der Waals surface area (Å²) in [6.07, 6.45) is 5.79. The molecule has 5 nitrogen and oxygen atoms in total. The van der Waals surface area contributed by atoms with Gasteiger partial charge in [-0.05, 0) is 50.5 Å². The van der Waals surface area contributed by atoms with Crippen LogP contribution in [-0.2, 0) is 0 Å². The molecule has 0 aliphatic heterocycles. The molecule has 1 atom stereocenters. The summed E-state index contributed by atoms with van der Waals surface area (Å²) in [7, 11) is 0. The average Bonchev–Trinajstić information content (AvgIpc) is 3.18. The monoisotopic (exact) mass is 334 g/mol. The van der Waals surface area contributed by atoms with E-state index >= 15 is 0 Å². The predicted molar refractivity (Wildman–Crippen MR) is 96.1 cm³/mol. The van der Waals surface area contributed by atoms with Crippen molar-refractivity contribution in [3.8, 4) is 17.2 Å². The van der Waals surface area contributed by atoms with Crippen LogP contribution in [0, 0.1) is 32.1 Å². The Bertz CT molecular complexity index is 910. The highest BCUT2D eigenvalue weighted by atomic mass is 16.5. The summed E-state index contributed by atoms with van der Waals surface area (Å²) in [5, 5.41) is 13.5. The van der Waals surface area contributed by atoms with E-state index in [0.717, 1.165) is 46.7 Å². The second-order valence-corrected chi connectivity index (χ2v) is 6.36. The minimum atomic E-state index is 0.156. The first-order valence-electron chi connectivity index (χ1n) is 8.52. The van der Waals surface area contributed by atoms with Crippen molar-refractivity contribution in [2.24, 2.45) is 0 Å². The van der Waals surface area contributed by atoms with E-state index in [0.29, 0.717) is 5.56 Å². The molecular formula is C20H22N4O. The number of nitrogens with zero attached hydrogens (tertiary/aromatic N) is 4. The van der Waals surface area contributed by atoms with Gasteiger partial charge in [-0.3, -0.25) is 0 Å². The van der Waals surface area contributed by atoms with E-state index in [4.69, 9.17) is 4.52 Å². The number of hydrogen-bond donors (Lipinski definition) is 0. The lowest BCUT2D eigenvalue weighted by atomic mass is 9.90. The highest BCUT2D eigenvalue weighted by molar-refractivity contribution is 5.73. The molecule has 5 heteroatoms. The maximum absolute atomic E-state index is 9.35. The summed E-state index contributed by atoms with van der Waals surface area (Å²) >= 11 is 0. The zero-order valence-electron chi connectivity index (χ0n) is 15.1. The van der Waals surface area contributed by atoms with E-state index in [1.54, 1.807) is 0 Å². The van der Waals surface area contributed by atoms with Crippen molar-refractivity contribution in [1.82, 2.24) is 14.7 Å². The Kier molecular flexibility index (Phi) is 4.71. The number of aryl methyl sites for hydroxylation is 3. The highest BCUT2D eigenvalue weighted by Crippen LogP contribution is 2.37. The zero-order chi connectivity index (χ0) is 18.0. The molecular weight excluding hydrogens is 312 g/mol. The quantitative estimate of drug-likeness (QED) is 0.677. The first-order valence-corrected chi connectivity index (χ1v) is 8.52. The number of aromatic nitrogens is 3. The van der Waals surface area contributed by atoms with Gasteiger partial charge in [0.2, 0.25) is 0 Å². The third-order valence-electron chi connectivity index (χ3n) is 4.60. The molecule has 1 aromatic carbocycles. The van der Waals surface area contributed by atoms with Crippen LogP contribution in [0.4, 0.5) is 0 Å². The molecule has 25 heavy (non-hydrogen) atoms. The lowest BCUT2D eigenvalue weighted by molar-refractivity contribution is 0.393. The van der Waals surface area contributed by atoms with Crippen LogP contribution >= 0.6 is 0 Å². The van der Waals surface area contributed by atoms with E-state index < -0.39 is 0 Å². The van der Waals surface area contributed by atoms with E-state index in [1.165, 1.54) is 0 Å². The Balaban J connectivity index is 2.25. The minimum absolute atomic E-state index is 0.156. The van der Waals surface area contributed by atoms with Crippen molar-refractivity contribution in [2.75, 3.05) is 0 Å². The van der Waals surface area contributed by atoms with Gasteiger partial charge >= 0.3 is 0 Å². The second-order valence-electron chi connectivity index (χ2n) is 6.36. The molecule has 3 aromatic rings. The average molecular weight is 334 g/mol. The van der Waals surface area contributed by atoms with Crippen LogP contribution in [0.15, 0.2) is 35.2 Å². The molecule has 0 fully saturated rings. The maximum atomic E-state index is 9.35. The fraction of sp³-hybridized carbons (Fsp3) is 0.350. The Labute approximate surface area is 147 Å². The fourth-order valence-corrected chi connectivity index (χ4v) is 3.42. The molecule has 2 aromatic heterocycles. The van der Waals surface area contributed by atoms with E-state index in [-0.39, 0.29) is 6.04 Å². The van der Waals surface area contributed by atoms with Gasteiger partial charge in [0.25, 0.3) is 0 Å². The van der Waals surface area contributed by atoms with Gasteiger partial charge in [-0.1, -0.05) is 24.6 Å². The Morgan fingerprint density at radius 1 is 1.28 bits per heavy atom. The van der Waals surface area contributed by atoms with Gasteiger partial charge in [0.1, 0.15) is 5.76 Å². The molecule has 2 heterocycles. The molecule has 0 saturated carbocycles. The van der Waals surface area contributed by atoms with Crippen LogP contribution in [0.2, 0.25) is 0 Å². The summed E-state index contributed by atoms with van der Waals surface area (Å²) < 4.78 is 7.58. The summed E-state index contributed by atoms with van der Waals surface area (Å²) in [6, 6.07) is 8.28. The number of benzene rings is 1. The van der Waals surface area contributed by atoms with Crippen molar-refractivity contribution in [3.05, 3.63) is 59.0 Å². The van der Waals surface area contributed by atoms with Crippen LogP contribution in [0.3, 0.4) is 0 Å². The van der Waals surface area contributed by atoms with Crippen LogP contribution in [0.1, 0.15) is 54.1 Å². The summed E-state index contributed by atoms with van der Waals surface area (Å²) in [4.78, 5) is 4.29. The second kappa shape index (κ2) is 6.94. The van der Waals surface area contributed by atoms with Crippen molar-refractivity contribution >= 4 is 0 Å². The minimum Gasteiger partial charge on any atom is -0.361 e. The Hall–Kier alpha value is -2.87. The topological polar surface area (TPSA) is 67.6 Å². The molecule has 128 valence electrons. The summed E-state index contributed by atoms with van der Waals surface area (Å²) in [5.41, 5.74) is 5.75. The number of rotatable bonds is 5. The van der Waals surface area contributed by atoms with Gasteiger partial charge in [-0.15, -0.1) is 0 Å². The van der Waals surface area contributed by atoms with E-state index in [9.17, 15) is 5.26 Å². The van der Waals surface area contributed by atoms with E-state index in [1.807, 2.05) is 38.5 Å². The predicted octanol–water partition coefficient (Wildman–Crippen LogP) is 4.72. The number of hydrogen-bond acceptors (Lipinski definition) is 4. The van der Waals surface area contributed by atoms with Crippen LogP contribution < -0.4 is 0 Å². The lowest BCUT2D eigenvalue weighted by Crippen LogP contribution is -2.12. The standard InChI is InChI=1S/C20H22N4O/c1-5-6-19(24-12-22-11-13(24)2)17-8-7-16(10-21)9-18(17)20-14(3)23-25-15(20)4/h7-9,11-12,19H,5-6H2,1-4H3. The van der Waals surface area contributed by atoms with Gasteiger partial charge in [-0.25, -0.2) is 4.98 Å². The molecule has 0 spiro atoms. The first-order chi connectivity index (χ1) is 12.1. The lowest BCUT2D eigenvalue weighted by Gasteiger charge is -2.23. The van der Waals surface area contributed by atoms with Crippen molar-refractivity contribution < 1.29 is 4.52 Å². The molecule has 0 aliphatic rings. The van der Waals surface area contributed by atoms with Gasteiger partial charge in [0, 0.05) is 17.5 Å². The third-order valence-corrected chi connectivity index (χ3v) is 4.60. The van der Waals surface area contributed by atoms with Crippen molar-refractivity contribution in [2.45, 2.75) is 46.6 Å². The normalized spacial score (nSPS) is 12.1. The van der Waals surface area contributed by atoms with Crippen LogP contribution in [-0.4, -0.2) is 14.7 Å². The zero-order valence-corrected chi connectivity index (χ0v) is 15.1. The number of imidazole rings is 1. The number of nitriles is 1. The van der Waals surface area contributed by atoms with Crippen molar-refractivity contribution in [3.63, 3.8) is 0 Å². The fourth-order valence-electron chi connectivity index (χ4n) is 3.42. The van der Waals surface area contributed by atoms with Gasteiger partial charge in [-0.2, -0.15) is 5.26 Å². The SMILES string of the molecule is CCCC(c1ccc(C#N)cc1-c1c(C)noc1C)n1cncc1C. The first kappa shape index (κ1) is 17.0. The largest absolute Gasteiger partial charge is 0.361 e. The summed E-state index contributed by atoms with van der Waals surface area (Å²) in [5.74, 6) is 0.770. The smallest absolute Gasteiger partial charge is 0.141 e. The molecule has 0 bridgehead atoms. The molecule has 3 rings (SSSR count). The molecule has 0 aliphatic carbocycles. The molecule has 0 saturated heterocycles. The third kappa shape index (κ3) is 3.08. The van der Waals surface area contributed by atoms with E-state index in [2.05, 4.69) is 40.7 Å². The molecule has 0 radical (unpaired) electrons. The molecule has 0 N–H and O–H groups in total. The van der Waals surface area contributed by atoms with Gasteiger partial charge in [0.15, 0.2) is 0 Å². The van der Waals surface area contributed by atoms with Gasteiger partial charge < -0.3 is 9.09 Å².